The van der Waals surface area contributed by atoms with Gasteiger partial charge in [0.2, 0.25) is 0 Å². The molecule has 1 heteroatoms. The topological polar surface area (TPSA) is 4.93 Å². The smallest absolute Gasteiger partial charge is 0.0534 e. The molecule has 0 saturated heterocycles. The number of hydrogen-bond donors (Lipinski definition) is 0. The molecular formula is C27H21N. The van der Waals surface area contributed by atoms with Gasteiger partial charge in [0.1, 0.15) is 0 Å². The average molecular weight is 359 g/mol. The molecule has 0 amide bonds. The first-order valence-electron chi connectivity index (χ1n) is 9.62. The van der Waals surface area contributed by atoms with Crippen molar-refractivity contribution in [3.63, 3.8) is 0 Å². The molecule has 5 rings (SSSR count). The summed E-state index contributed by atoms with van der Waals surface area (Å²) < 4.78 is 2.28. The Labute approximate surface area is 165 Å². The molecule has 4 aromatic carbocycles. The normalized spacial score (nSPS) is 11.0. The standard InChI is InChI=1S/C27H21N/c1-20-11-13-21(14-12-20)22-15-17-23(18-16-22)26-19-28(24-7-3-2-4-8-24)27-10-6-5-9-25(26)27/h2-19H,1H3. The Morgan fingerprint density at radius 1 is 0.536 bits per heavy atom. The highest BCUT2D eigenvalue weighted by Gasteiger charge is 2.11. The molecule has 5 aromatic rings. The molecule has 134 valence electrons. The van der Waals surface area contributed by atoms with Crippen LogP contribution in [-0.4, -0.2) is 4.57 Å². The second-order valence-electron chi connectivity index (χ2n) is 7.21. The lowest BCUT2D eigenvalue weighted by atomic mass is 9.99. The summed E-state index contributed by atoms with van der Waals surface area (Å²) in [5.74, 6) is 0. The lowest BCUT2D eigenvalue weighted by molar-refractivity contribution is 1.13. The van der Waals surface area contributed by atoms with E-state index in [1.807, 2.05) is 0 Å². The van der Waals surface area contributed by atoms with E-state index in [0.717, 1.165) is 0 Å². The molecule has 0 radical (unpaired) electrons. The summed E-state index contributed by atoms with van der Waals surface area (Å²) in [6.45, 7) is 2.12. The Balaban J connectivity index is 1.61. The number of nitrogens with zero attached hydrogens (tertiary/aromatic N) is 1. The molecular weight excluding hydrogens is 338 g/mol. The summed E-state index contributed by atoms with van der Waals surface area (Å²) in [7, 11) is 0. The van der Waals surface area contributed by atoms with Crippen molar-refractivity contribution in [2.45, 2.75) is 6.92 Å². The second kappa shape index (κ2) is 6.86. The minimum absolute atomic E-state index is 1.18. The summed E-state index contributed by atoms with van der Waals surface area (Å²) in [5.41, 5.74) is 8.69. The van der Waals surface area contributed by atoms with Crippen LogP contribution in [-0.2, 0) is 0 Å². The summed E-state index contributed by atoms with van der Waals surface area (Å²) >= 11 is 0. The van der Waals surface area contributed by atoms with Crippen LogP contribution in [0.4, 0.5) is 0 Å². The Bertz CT molecular complexity index is 1230. The maximum absolute atomic E-state index is 2.28. The highest BCUT2D eigenvalue weighted by atomic mass is 15.0. The van der Waals surface area contributed by atoms with Crippen molar-refractivity contribution >= 4 is 10.9 Å². The van der Waals surface area contributed by atoms with Crippen molar-refractivity contribution in [2.24, 2.45) is 0 Å². The first-order chi connectivity index (χ1) is 13.8. The van der Waals surface area contributed by atoms with Gasteiger partial charge >= 0.3 is 0 Å². The molecule has 0 bridgehead atoms. The van der Waals surface area contributed by atoms with Crippen molar-refractivity contribution in [3.05, 3.63) is 115 Å². The van der Waals surface area contributed by atoms with E-state index in [0.29, 0.717) is 0 Å². The molecule has 0 N–H and O–H groups in total. The van der Waals surface area contributed by atoms with Gasteiger partial charge in [-0.05, 0) is 41.8 Å². The predicted molar refractivity (Wildman–Crippen MR) is 119 cm³/mol. The van der Waals surface area contributed by atoms with Gasteiger partial charge in [0.05, 0.1) is 5.52 Å². The maximum atomic E-state index is 2.28. The SMILES string of the molecule is Cc1ccc(-c2ccc(-c3cn(-c4ccccc4)c4ccccc34)cc2)cc1. The highest BCUT2D eigenvalue weighted by Crippen LogP contribution is 2.33. The summed E-state index contributed by atoms with van der Waals surface area (Å²) in [6.07, 6.45) is 2.25. The van der Waals surface area contributed by atoms with Crippen molar-refractivity contribution < 1.29 is 0 Å². The molecule has 0 fully saturated rings. The van der Waals surface area contributed by atoms with Gasteiger partial charge < -0.3 is 4.57 Å². The minimum Gasteiger partial charge on any atom is -0.316 e. The third kappa shape index (κ3) is 2.91. The lowest BCUT2D eigenvalue weighted by Crippen LogP contribution is -1.90. The van der Waals surface area contributed by atoms with Crippen LogP contribution in [0.1, 0.15) is 5.56 Å². The van der Waals surface area contributed by atoms with E-state index in [2.05, 4.69) is 121 Å². The molecule has 28 heavy (non-hydrogen) atoms. The predicted octanol–water partition coefficient (Wildman–Crippen LogP) is 7.27. The zero-order chi connectivity index (χ0) is 18.9. The number of aryl methyl sites for hydroxylation is 1. The van der Waals surface area contributed by atoms with Gasteiger partial charge in [-0.1, -0.05) is 90.5 Å². The fraction of sp³-hybridized carbons (Fsp3) is 0.0370. The number of para-hydroxylation sites is 2. The number of rotatable bonds is 3. The van der Waals surface area contributed by atoms with Gasteiger partial charge in [-0.3, -0.25) is 0 Å². The Morgan fingerprint density at radius 3 is 1.82 bits per heavy atom. The van der Waals surface area contributed by atoms with Crippen LogP contribution in [0.15, 0.2) is 109 Å². The van der Waals surface area contributed by atoms with Gasteiger partial charge in [0, 0.05) is 22.8 Å². The van der Waals surface area contributed by atoms with Crippen LogP contribution in [0.25, 0.3) is 38.8 Å². The van der Waals surface area contributed by atoms with E-state index < -0.39 is 0 Å². The molecule has 0 saturated carbocycles. The van der Waals surface area contributed by atoms with E-state index in [-0.39, 0.29) is 0 Å². The third-order valence-corrected chi connectivity index (χ3v) is 5.33. The van der Waals surface area contributed by atoms with Gasteiger partial charge in [-0.2, -0.15) is 0 Å². The average Bonchev–Trinajstić information content (AvgIpc) is 3.15. The summed E-state index contributed by atoms with van der Waals surface area (Å²) in [4.78, 5) is 0. The van der Waals surface area contributed by atoms with E-state index in [9.17, 15) is 0 Å². The molecule has 1 aromatic heterocycles. The van der Waals surface area contributed by atoms with Gasteiger partial charge in [0.15, 0.2) is 0 Å². The molecule has 0 atom stereocenters. The highest BCUT2D eigenvalue weighted by molar-refractivity contribution is 5.97. The van der Waals surface area contributed by atoms with Gasteiger partial charge in [-0.25, -0.2) is 0 Å². The molecule has 1 heterocycles. The first-order valence-corrected chi connectivity index (χ1v) is 9.62. The zero-order valence-corrected chi connectivity index (χ0v) is 15.8. The monoisotopic (exact) mass is 359 g/mol. The summed E-state index contributed by atoms with van der Waals surface area (Å²) in [6, 6.07) is 36.7. The van der Waals surface area contributed by atoms with E-state index >= 15 is 0 Å². The summed E-state index contributed by atoms with van der Waals surface area (Å²) in [5, 5.41) is 1.27. The number of fused-ring (bicyclic) bond motifs is 1. The molecule has 0 aliphatic heterocycles. The third-order valence-electron chi connectivity index (χ3n) is 5.33. The van der Waals surface area contributed by atoms with Crippen molar-refractivity contribution in [1.82, 2.24) is 4.57 Å². The Morgan fingerprint density at radius 2 is 1.11 bits per heavy atom. The minimum atomic E-state index is 1.18. The quantitative estimate of drug-likeness (QED) is 0.319. The second-order valence-corrected chi connectivity index (χ2v) is 7.21. The Hall–Kier alpha value is -3.58. The van der Waals surface area contributed by atoms with Crippen LogP contribution >= 0.6 is 0 Å². The lowest BCUT2D eigenvalue weighted by Gasteiger charge is -2.05. The van der Waals surface area contributed by atoms with Crippen LogP contribution in [0.2, 0.25) is 0 Å². The van der Waals surface area contributed by atoms with Crippen LogP contribution in [0, 0.1) is 6.92 Å². The fourth-order valence-corrected chi connectivity index (χ4v) is 3.80. The first kappa shape index (κ1) is 16.6. The maximum Gasteiger partial charge on any atom is 0.0534 e. The van der Waals surface area contributed by atoms with E-state index in [1.165, 1.54) is 44.4 Å². The van der Waals surface area contributed by atoms with Crippen LogP contribution in [0.3, 0.4) is 0 Å². The van der Waals surface area contributed by atoms with Crippen molar-refractivity contribution in [1.29, 1.82) is 0 Å². The number of benzene rings is 4. The molecule has 0 spiro atoms. The van der Waals surface area contributed by atoms with Gasteiger partial charge in [-0.15, -0.1) is 0 Å². The fourth-order valence-electron chi connectivity index (χ4n) is 3.80. The zero-order valence-electron chi connectivity index (χ0n) is 15.8. The van der Waals surface area contributed by atoms with Crippen molar-refractivity contribution in [2.75, 3.05) is 0 Å². The number of hydrogen-bond acceptors (Lipinski definition) is 0. The van der Waals surface area contributed by atoms with Gasteiger partial charge in [0.25, 0.3) is 0 Å². The van der Waals surface area contributed by atoms with E-state index in [1.54, 1.807) is 0 Å². The molecule has 0 aliphatic rings. The number of aromatic nitrogens is 1. The largest absolute Gasteiger partial charge is 0.316 e. The van der Waals surface area contributed by atoms with Crippen molar-refractivity contribution in [3.8, 4) is 27.9 Å². The molecule has 0 unspecified atom stereocenters. The van der Waals surface area contributed by atoms with E-state index in [4.69, 9.17) is 0 Å². The Kier molecular flexibility index (Phi) is 4.06. The molecule has 1 nitrogen and oxygen atoms in total. The molecule has 0 aliphatic carbocycles. The van der Waals surface area contributed by atoms with Crippen LogP contribution < -0.4 is 0 Å². The van der Waals surface area contributed by atoms with Crippen LogP contribution in [0.5, 0.6) is 0 Å².